The van der Waals surface area contributed by atoms with Gasteiger partial charge in [0, 0.05) is 4.70 Å². The molecule has 1 aromatic carbocycles. The van der Waals surface area contributed by atoms with Gasteiger partial charge in [-0.3, -0.25) is 0 Å². The van der Waals surface area contributed by atoms with E-state index in [2.05, 4.69) is 12.1 Å². The molecule has 2 nitrogen and oxygen atoms in total. The predicted octanol–water partition coefficient (Wildman–Crippen LogP) is 3.87. The van der Waals surface area contributed by atoms with Gasteiger partial charge in [0.15, 0.2) is 0 Å². The van der Waals surface area contributed by atoms with Crippen molar-refractivity contribution in [2.75, 3.05) is 0 Å². The monoisotopic (exact) mass is 246 g/mol. The van der Waals surface area contributed by atoms with Crippen LogP contribution in [0.5, 0.6) is 0 Å². The fraction of sp³-hybridized carbons (Fsp3) is 0.357. The molecule has 0 bridgehead atoms. The van der Waals surface area contributed by atoms with Crippen LogP contribution in [-0.4, -0.2) is 11.1 Å². The van der Waals surface area contributed by atoms with E-state index in [1.54, 1.807) is 6.07 Å². The highest BCUT2D eigenvalue weighted by atomic mass is 32.1. The number of aromatic carboxylic acids is 1. The third-order valence-electron chi connectivity index (χ3n) is 3.47. The Kier molecular flexibility index (Phi) is 2.63. The van der Waals surface area contributed by atoms with E-state index in [0.717, 1.165) is 18.2 Å². The molecule has 0 spiro atoms. The molecule has 0 amide bonds. The van der Waals surface area contributed by atoms with E-state index in [4.69, 9.17) is 5.11 Å². The fourth-order valence-corrected chi connectivity index (χ4v) is 3.70. The zero-order valence-corrected chi connectivity index (χ0v) is 10.3. The second-order valence-corrected chi connectivity index (χ2v) is 5.65. The molecule has 0 aliphatic heterocycles. The van der Waals surface area contributed by atoms with E-state index < -0.39 is 5.97 Å². The molecule has 1 aliphatic carbocycles. The smallest absolute Gasteiger partial charge is 0.345 e. The minimum Gasteiger partial charge on any atom is -0.477 e. The van der Waals surface area contributed by atoms with Gasteiger partial charge in [-0.1, -0.05) is 18.6 Å². The highest BCUT2D eigenvalue weighted by Crippen LogP contribution is 2.34. The third kappa shape index (κ3) is 1.84. The summed E-state index contributed by atoms with van der Waals surface area (Å²) in [6.07, 6.45) is 6.02. The minimum absolute atomic E-state index is 0.456. The number of carboxylic acid groups (broad SMARTS) is 1. The summed E-state index contributed by atoms with van der Waals surface area (Å²) in [6.45, 7) is 0. The molecule has 0 fully saturated rings. The first kappa shape index (κ1) is 10.8. The van der Waals surface area contributed by atoms with Crippen molar-refractivity contribution in [3.63, 3.8) is 0 Å². The lowest BCUT2D eigenvalue weighted by Crippen LogP contribution is -1.90. The average molecular weight is 246 g/mol. The third-order valence-corrected chi connectivity index (χ3v) is 4.67. The second kappa shape index (κ2) is 4.15. The Hall–Kier alpha value is -1.35. The summed E-state index contributed by atoms with van der Waals surface area (Å²) in [6, 6.07) is 6.05. The highest BCUT2D eigenvalue weighted by molar-refractivity contribution is 7.21. The van der Waals surface area contributed by atoms with Crippen molar-refractivity contribution in [1.29, 1.82) is 0 Å². The molecule has 1 heterocycles. The van der Waals surface area contributed by atoms with Gasteiger partial charge in [0.1, 0.15) is 4.88 Å². The first-order valence-electron chi connectivity index (χ1n) is 6.03. The number of fused-ring (bicyclic) bond motifs is 3. The quantitative estimate of drug-likeness (QED) is 0.775. The maximum absolute atomic E-state index is 11.0. The molecule has 3 rings (SSSR count). The van der Waals surface area contributed by atoms with E-state index in [1.165, 1.54) is 46.4 Å². The molecule has 1 aliphatic rings. The minimum atomic E-state index is -0.812. The van der Waals surface area contributed by atoms with Crippen LogP contribution in [0.2, 0.25) is 0 Å². The Balaban J connectivity index is 2.22. The molecule has 3 heteroatoms. The molecule has 0 radical (unpaired) electrons. The summed E-state index contributed by atoms with van der Waals surface area (Å²) in [5.41, 5.74) is 2.83. The Bertz CT molecular complexity index is 583. The first-order chi connectivity index (χ1) is 8.25. The summed E-state index contributed by atoms with van der Waals surface area (Å²) in [4.78, 5) is 11.5. The van der Waals surface area contributed by atoms with Gasteiger partial charge >= 0.3 is 5.97 Å². The van der Waals surface area contributed by atoms with Gasteiger partial charge in [-0.25, -0.2) is 4.79 Å². The van der Waals surface area contributed by atoms with E-state index in [9.17, 15) is 4.79 Å². The zero-order valence-electron chi connectivity index (χ0n) is 9.53. The largest absolute Gasteiger partial charge is 0.477 e. The number of thiophene rings is 1. The molecule has 2 aromatic rings. The molecule has 0 saturated carbocycles. The van der Waals surface area contributed by atoms with Gasteiger partial charge in [-0.15, -0.1) is 11.3 Å². The van der Waals surface area contributed by atoms with Crippen LogP contribution in [0.3, 0.4) is 0 Å². The fourth-order valence-electron chi connectivity index (χ4n) is 2.61. The van der Waals surface area contributed by atoms with Crippen LogP contribution in [-0.2, 0) is 12.8 Å². The summed E-state index contributed by atoms with van der Waals surface area (Å²) < 4.78 is 1.20. The van der Waals surface area contributed by atoms with Gasteiger partial charge in [-0.2, -0.15) is 0 Å². The van der Waals surface area contributed by atoms with E-state index >= 15 is 0 Å². The standard InChI is InChI=1S/C14H14O2S/c15-14(16)12-8-10-7-6-9-4-2-1-3-5-11(9)13(10)17-12/h6-8H,1-5H2,(H,15,16). The van der Waals surface area contributed by atoms with Crippen molar-refractivity contribution in [3.8, 4) is 0 Å². The Morgan fingerprint density at radius 1 is 1.18 bits per heavy atom. The lowest BCUT2D eigenvalue weighted by atomic mass is 10.0. The lowest BCUT2D eigenvalue weighted by molar-refractivity contribution is 0.0702. The van der Waals surface area contributed by atoms with Crippen molar-refractivity contribution in [2.45, 2.75) is 32.1 Å². The zero-order chi connectivity index (χ0) is 11.8. The lowest BCUT2D eigenvalue weighted by Gasteiger charge is -2.06. The van der Waals surface area contributed by atoms with Crippen LogP contribution in [0.1, 0.15) is 40.1 Å². The van der Waals surface area contributed by atoms with Gasteiger partial charge in [0.2, 0.25) is 0 Å². The van der Waals surface area contributed by atoms with E-state index in [-0.39, 0.29) is 0 Å². The molecule has 0 atom stereocenters. The first-order valence-corrected chi connectivity index (χ1v) is 6.85. The number of rotatable bonds is 1. The van der Waals surface area contributed by atoms with Gasteiger partial charge in [0.05, 0.1) is 0 Å². The Morgan fingerprint density at radius 2 is 2.00 bits per heavy atom. The normalized spacial score (nSPS) is 15.5. The number of hydrogen-bond donors (Lipinski definition) is 1. The number of aryl methyl sites for hydroxylation is 2. The molecule has 0 unspecified atom stereocenters. The van der Waals surface area contributed by atoms with Crippen molar-refractivity contribution in [2.24, 2.45) is 0 Å². The van der Waals surface area contributed by atoms with E-state index in [0.29, 0.717) is 4.88 Å². The van der Waals surface area contributed by atoms with Crippen LogP contribution in [0.25, 0.3) is 10.1 Å². The van der Waals surface area contributed by atoms with Crippen molar-refractivity contribution < 1.29 is 9.90 Å². The Morgan fingerprint density at radius 3 is 2.82 bits per heavy atom. The Labute approximate surface area is 104 Å². The molecular weight excluding hydrogens is 232 g/mol. The van der Waals surface area contributed by atoms with Crippen molar-refractivity contribution >= 4 is 27.4 Å². The number of carboxylic acids is 1. The van der Waals surface area contributed by atoms with Crippen LogP contribution in [0, 0.1) is 0 Å². The molecule has 1 aromatic heterocycles. The van der Waals surface area contributed by atoms with Crippen molar-refractivity contribution in [1.82, 2.24) is 0 Å². The molecule has 1 N–H and O–H groups in total. The van der Waals surface area contributed by atoms with Crippen LogP contribution >= 0.6 is 11.3 Å². The molecule has 0 saturated heterocycles. The molecule has 17 heavy (non-hydrogen) atoms. The number of hydrogen-bond acceptors (Lipinski definition) is 2. The second-order valence-electron chi connectivity index (χ2n) is 4.60. The maximum Gasteiger partial charge on any atom is 0.345 e. The maximum atomic E-state index is 11.0. The number of carbonyl (C=O) groups is 1. The van der Waals surface area contributed by atoms with Gasteiger partial charge in [0.25, 0.3) is 0 Å². The van der Waals surface area contributed by atoms with Crippen molar-refractivity contribution in [3.05, 3.63) is 34.2 Å². The van der Waals surface area contributed by atoms with Crippen LogP contribution in [0.4, 0.5) is 0 Å². The SMILES string of the molecule is O=C(O)c1cc2ccc3c(c2s1)CCCCC3. The van der Waals surface area contributed by atoms with Gasteiger partial charge in [-0.05, 0) is 48.3 Å². The number of benzene rings is 1. The summed E-state index contributed by atoms with van der Waals surface area (Å²) in [5, 5.41) is 10.1. The predicted molar refractivity (Wildman–Crippen MR) is 70.0 cm³/mol. The van der Waals surface area contributed by atoms with Gasteiger partial charge < -0.3 is 5.11 Å². The van der Waals surface area contributed by atoms with E-state index in [1.807, 2.05) is 0 Å². The summed E-state index contributed by atoms with van der Waals surface area (Å²) >= 11 is 1.43. The molecular formula is C14H14O2S. The summed E-state index contributed by atoms with van der Waals surface area (Å²) in [7, 11) is 0. The topological polar surface area (TPSA) is 37.3 Å². The molecule has 88 valence electrons. The van der Waals surface area contributed by atoms with Crippen LogP contribution < -0.4 is 0 Å². The van der Waals surface area contributed by atoms with Crippen LogP contribution in [0.15, 0.2) is 18.2 Å². The highest BCUT2D eigenvalue weighted by Gasteiger charge is 2.15. The summed E-state index contributed by atoms with van der Waals surface area (Å²) in [5.74, 6) is -0.812. The average Bonchev–Trinajstić information content (AvgIpc) is 2.61.